The maximum Gasteiger partial charge on any atom is 0.321 e. The first kappa shape index (κ1) is 16.1. The van der Waals surface area contributed by atoms with Crippen LogP contribution in [0.4, 0.5) is 16.2 Å². The van der Waals surface area contributed by atoms with E-state index in [1.165, 1.54) is 0 Å². The number of benzene rings is 2. The number of amides is 3. The lowest BCUT2D eigenvalue weighted by atomic mass is 9.95. The smallest absolute Gasteiger partial charge is 0.321 e. The van der Waals surface area contributed by atoms with Crippen LogP contribution in [-0.4, -0.2) is 25.0 Å². The second kappa shape index (κ2) is 7.17. The zero-order chi connectivity index (χ0) is 16.9. The molecule has 2 aromatic rings. The van der Waals surface area contributed by atoms with E-state index in [2.05, 4.69) is 10.6 Å². The molecular formula is C19H21N3O2. The molecule has 1 aliphatic heterocycles. The fourth-order valence-corrected chi connectivity index (χ4v) is 2.93. The van der Waals surface area contributed by atoms with E-state index in [1.54, 1.807) is 4.90 Å². The third kappa shape index (κ3) is 3.40. The Balaban J connectivity index is 1.69. The van der Waals surface area contributed by atoms with Crippen molar-refractivity contribution >= 4 is 23.3 Å². The quantitative estimate of drug-likeness (QED) is 0.886. The maximum atomic E-state index is 12.6. The van der Waals surface area contributed by atoms with Gasteiger partial charge in [0.1, 0.15) is 0 Å². The first-order valence-corrected chi connectivity index (χ1v) is 8.20. The van der Waals surface area contributed by atoms with Crippen LogP contribution in [0.2, 0.25) is 0 Å². The maximum absolute atomic E-state index is 12.6. The standard InChI is InChI=1S/C19H21N3O2/c1-2-17(14-6-4-3-5-7-14)18(23)21-15-8-10-16(11-9-15)22-13-12-20-19(22)24/h3-11,17H,2,12-13H2,1H3,(H,20,24)(H,21,23). The summed E-state index contributed by atoms with van der Waals surface area (Å²) in [6.07, 6.45) is 0.738. The second-order valence-electron chi connectivity index (χ2n) is 5.79. The molecule has 5 heteroatoms. The van der Waals surface area contributed by atoms with Crippen LogP contribution in [0.15, 0.2) is 54.6 Å². The molecule has 1 saturated heterocycles. The minimum absolute atomic E-state index is 0.0182. The minimum Gasteiger partial charge on any atom is -0.336 e. The molecule has 3 rings (SSSR count). The molecule has 0 aliphatic carbocycles. The Kier molecular flexibility index (Phi) is 4.79. The number of carbonyl (C=O) groups is 2. The Bertz CT molecular complexity index is 713. The number of carbonyl (C=O) groups excluding carboxylic acids is 2. The predicted molar refractivity (Wildman–Crippen MR) is 95.3 cm³/mol. The number of anilines is 2. The fraction of sp³-hybridized carbons (Fsp3) is 0.263. The van der Waals surface area contributed by atoms with Gasteiger partial charge >= 0.3 is 6.03 Å². The van der Waals surface area contributed by atoms with Crippen LogP contribution in [0, 0.1) is 0 Å². The van der Waals surface area contributed by atoms with E-state index >= 15 is 0 Å². The summed E-state index contributed by atoms with van der Waals surface area (Å²) >= 11 is 0. The molecule has 1 aliphatic rings. The summed E-state index contributed by atoms with van der Waals surface area (Å²) in [6.45, 7) is 3.33. The third-order valence-electron chi connectivity index (χ3n) is 4.23. The highest BCUT2D eigenvalue weighted by atomic mass is 16.2. The summed E-state index contributed by atoms with van der Waals surface area (Å²) in [6, 6.07) is 17.1. The summed E-state index contributed by atoms with van der Waals surface area (Å²) in [5.41, 5.74) is 2.58. The second-order valence-corrected chi connectivity index (χ2v) is 5.79. The molecule has 5 nitrogen and oxygen atoms in total. The number of hydrogen-bond acceptors (Lipinski definition) is 2. The molecular weight excluding hydrogens is 302 g/mol. The molecule has 0 aromatic heterocycles. The molecule has 0 bridgehead atoms. The Morgan fingerprint density at radius 1 is 1.17 bits per heavy atom. The first-order chi connectivity index (χ1) is 11.7. The van der Waals surface area contributed by atoms with Gasteiger partial charge < -0.3 is 10.6 Å². The van der Waals surface area contributed by atoms with Gasteiger partial charge in [-0.1, -0.05) is 37.3 Å². The molecule has 0 radical (unpaired) electrons. The average Bonchev–Trinajstić information content (AvgIpc) is 3.03. The van der Waals surface area contributed by atoms with E-state index in [1.807, 2.05) is 61.5 Å². The van der Waals surface area contributed by atoms with Gasteiger partial charge in [0.25, 0.3) is 0 Å². The largest absolute Gasteiger partial charge is 0.336 e. The SMILES string of the molecule is CCC(C(=O)Nc1ccc(N2CCNC2=O)cc1)c1ccccc1. The summed E-state index contributed by atoms with van der Waals surface area (Å²) in [7, 11) is 0. The molecule has 1 heterocycles. The van der Waals surface area contributed by atoms with Crippen LogP contribution in [0.5, 0.6) is 0 Å². The van der Waals surface area contributed by atoms with Crippen molar-refractivity contribution in [2.75, 3.05) is 23.3 Å². The molecule has 1 fully saturated rings. The fourth-order valence-electron chi connectivity index (χ4n) is 2.93. The molecule has 124 valence electrons. The van der Waals surface area contributed by atoms with Gasteiger partial charge in [-0.25, -0.2) is 4.79 Å². The highest BCUT2D eigenvalue weighted by molar-refractivity contribution is 5.97. The average molecular weight is 323 g/mol. The number of rotatable bonds is 5. The monoisotopic (exact) mass is 323 g/mol. The van der Waals surface area contributed by atoms with E-state index in [-0.39, 0.29) is 17.9 Å². The van der Waals surface area contributed by atoms with Gasteiger partial charge in [0.05, 0.1) is 5.92 Å². The number of nitrogens with one attached hydrogen (secondary N) is 2. The van der Waals surface area contributed by atoms with Crippen molar-refractivity contribution in [3.8, 4) is 0 Å². The van der Waals surface area contributed by atoms with E-state index < -0.39 is 0 Å². The van der Waals surface area contributed by atoms with Gasteiger partial charge in [-0.05, 0) is 36.2 Å². The van der Waals surface area contributed by atoms with E-state index in [0.717, 1.165) is 23.4 Å². The van der Waals surface area contributed by atoms with Gasteiger partial charge in [-0.2, -0.15) is 0 Å². The van der Waals surface area contributed by atoms with Crippen molar-refractivity contribution in [3.63, 3.8) is 0 Å². The van der Waals surface area contributed by atoms with Gasteiger partial charge in [0, 0.05) is 24.5 Å². The normalized spacial score (nSPS) is 15.0. The lowest BCUT2D eigenvalue weighted by molar-refractivity contribution is -0.117. The zero-order valence-corrected chi connectivity index (χ0v) is 13.7. The lowest BCUT2D eigenvalue weighted by Crippen LogP contribution is -2.27. The van der Waals surface area contributed by atoms with Crippen molar-refractivity contribution in [2.45, 2.75) is 19.3 Å². The molecule has 0 saturated carbocycles. The van der Waals surface area contributed by atoms with E-state index in [9.17, 15) is 9.59 Å². The number of hydrogen-bond donors (Lipinski definition) is 2. The van der Waals surface area contributed by atoms with Crippen LogP contribution in [-0.2, 0) is 4.79 Å². The molecule has 2 N–H and O–H groups in total. The van der Waals surface area contributed by atoms with Crippen LogP contribution in [0.25, 0.3) is 0 Å². The van der Waals surface area contributed by atoms with Crippen LogP contribution in [0.1, 0.15) is 24.8 Å². The van der Waals surface area contributed by atoms with Crippen molar-refractivity contribution < 1.29 is 9.59 Å². The summed E-state index contributed by atoms with van der Waals surface area (Å²) in [4.78, 5) is 25.9. The summed E-state index contributed by atoms with van der Waals surface area (Å²) in [5.74, 6) is -0.189. The van der Waals surface area contributed by atoms with Gasteiger partial charge in [-0.15, -0.1) is 0 Å². The number of nitrogens with zero attached hydrogens (tertiary/aromatic N) is 1. The molecule has 24 heavy (non-hydrogen) atoms. The third-order valence-corrected chi connectivity index (χ3v) is 4.23. The van der Waals surface area contributed by atoms with Crippen LogP contribution >= 0.6 is 0 Å². The first-order valence-electron chi connectivity index (χ1n) is 8.20. The molecule has 1 unspecified atom stereocenters. The summed E-state index contributed by atoms with van der Waals surface area (Å²) < 4.78 is 0. The van der Waals surface area contributed by atoms with Crippen molar-refractivity contribution in [1.82, 2.24) is 5.32 Å². The Hall–Kier alpha value is -2.82. The van der Waals surface area contributed by atoms with Gasteiger partial charge in [-0.3, -0.25) is 9.69 Å². The molecule has 1 atom stereocenters. The van der Waals surface area contributed by atoms with E-state index in [4.69, 9.17) is 0 Å². The lowest BCUT2D eigenvalue weighted by Gasteiger charge is -2.17. The van der Waals surface area contributed by atoms with Gasteiger partial charge in [0.2, 0.25) is 5.91 Å². The van der Waals surface area contributed by atoms with Gasteiger partial charge in [0.15, 0.2) is 0 Å². The molecule has 2 aromatic carbocycles. The van der Waals surface area contributed by atoms with Crippen LogP contribution < -0.4 is 15.5 Å². The number of urea groups is 1. The van der Waals surface area contributed by atoms with Crippen molar-refractivity contribution in [3.05, 3.63) is 60.2 Å². The Labute approximate surface area is 141 Å². The summed E-state index contributed by atoms with van der Waals surface area (Å²) in [5, 5.41) is 5.74. The predicted octanol–water partition coefficient (Wildman–Crippen LogP) is 3.35. The van der Waals surface area contributed by atoms with Crippen molar-refractivity contribution in [2.24, 2.45) is 0 Å². The van der Waals surface area contributed by atoms with Crippen molar-refractivity contribution in [1.29, 1.82) is 0 Å². The van der Waals surface area contributed by atoms with Crippen LogP contribution in [0.3, 0.4) is 0 Å². The molecule has 0 spiro atoms. The Morgan fingerprint density at radius 2 is 1.88 bits per heavy atom. The minimum atomic E-state index is -0.171. The highest BCUT2D eigenvalue weighted by Gasteiger charge is 2.21. The zero-order valence-electron chi connectivity index (χ0n) is 13.7. The van der Waals surface area contributed by atoms with E-state index in [0.29, 0.717) is 13.1 Å². The molecule has 3 amide bonds. The Morgan fingerprint density at radius 3 is 2.46 bits per heavy atom. The topological polar surface area (TPSA) is 61.4 Å². The highest BCUT2D eigenvalue weighted by Crippen LogP contribution is 2.23.